The highest BCUT2D eigenvalue weighted by Gasteiger charge is 2.28. The number of methoxy groups -OCH3 is 2. The minimum Gasteiger partial charge on any atom is -0.493 e. The van der Waals surface area contributed by atoms with E-state index in [2.05, 4.69) is 62.0 Å². The average Bonchev–Trinajstić information content (AvgIpc) is 3.44. The van der Waals surface area contributed by atoms with Gasteiger partial charge in [-0.15, -0.1) is 0 Å². The van der Waals surface area contributed by atoms with Crippen LogP contribution in [-0.2, 0) is 24.3 Å². The molecule has 3 heterocycles. The molecule has 9 nitrogen and oxygen atoms in total. The molecular weight excluding hydrogens is 506 g/mol. The van der Waals surface area contributed by atoms with E-state index >= 15 is 0 Å². The van der Waals surface area contributed by atoms with Crippen molar-refractivity contribution in [2.75, 3.05) is 58.4 Å². The predicted molar refractivity (Wildman–Crippen MR) is 155 cm³/mol. The topological polar surface area (TPSA) is 92.1 Å². The fourth-order valence-corrected chi connectivity index (χ4v) is 5.80. The fraction of sp³-hybridized carbons (Fsp3) is 0.484. The van der Waals surface area contributed by atoms with Crippen molar-refractivity contribution in [3.05, 3.63) is 71.6 Å². The monoisotopic (exact) mass is 547 g/mol. The summed E-state index contributed by atoms with van der Waals surface area (Å²) in [5.74, 6) is 2.97. The minimum atomic E-state index is 0.0715. The van der Waals surface area contributed by atoms with Gasteiger partial charge in [0, 0.05) is 50.9 Å². The van der Waals surface area contributed by atoms with Crippen LogP contribution in [0, 0.1) is 11.8 Å². The van der Waals surface area contributed by atoms with Crippen LogP contribution in [0.25, 0.3) is 0 Å². The minimum absolute atomic E-state index is 0.0715. The first-order valence-electron chi connectivity index (χ1n) is 14.3. The lowest BCUT2D eigenvalue weighted by Gasteiger charge is -2.35. The molecule has 2 fully saturated rings. The van der Waals surface area contributed by atoms with Crippen molar-refractivity contribution in [2.45, 2.75) is 32.4 Å². The second-order valence-electron chi connectivity index (χ2n) is 10.8. The van der Waals surface area contributed by atoms with Crippen molar-refractivity contribution in [3.8, 4) is 11.5 Å². The Bertz CT molecular complexity index is 1230. The van der Waals surface area contributed by atoms with E-state index in [-0.39, 0.29) is 5.91 Å². The number of aromatic nitrogens is 1. The van der Waals surface area contributed by atoms with E-state index in [4.69, 9.17) is 14.0 Å². The number of hydrogen-bond acceptors (Lipinski definition) is 8. The van der Waals surface area contributed by atoms with E-state index in [1.165, 1.54) is 5.69 Å². The molecule has 2 aliphatic rings. The number of para-hydroxylation sites is 1. The molecule has 2 N–H and O–H groups in total. The van der Waals surface area contributed by atoms with E-state index in [9.17, 15) is 4.79 Å². The molecule has 0 unspecified atom stereocenters. The summed E-state index contributed by atoms with van der Waals surface area (Å²) >= 11 is 0. The quantitative estimate of drug-likeness (QED) is 0.377. The van der Waals surface area contributed by atoms with E-state index < -0.39 is 0 Å². The van der Waals surface area contributed by atoms with Gasteiger partial charge in [0.15, 0.2) is 17.3 Å². The summed E-state index contributed by atoms with van der Waals surface area (Å²) in [4.78, 5) is 17.7. The van der Waals surface area contributed by atoms with Crippen LogP contribution in [0.5, 0.6) is 11.5 Å². The van der Waals surface area contributed by atoms with Gasteiger partial charge in [-0.2, -0.15) is 0 Å². The lowest BCUT2D eigenvalue weighted by molar-refractivity contribution is -0.122. The number of benzene rings is 2. The lowest BCUT2D eigenvalue weighted by Crippen LogP contribution is -2.45. The van der Waals surface area contributed by atoms with Crippen LogP contribution in [0.4, 0.5) is 5.69 Å². The molecule has 2 aliphatic heterocycles. The van der Waals surface area contributed by atoms with Crippen LogP contribution in [0.3, 0.4) is 0 Å². The molecule has 0 radical (unpaired) electrons. The Kier molecular flexibility index (Phi) is 9.57. The number of rotatable bonds is 11. The number of ether oxygens (including phenoxy) is 2. The first-order valence-corrected chi connectivity index (χ1v) is 14.3. The molecule has 2 saturated heterocycles. The Morgan fingerprint density at radius 3 is 2.60 bits per heavy atom. The van der Waals surface area contributed by atoms with E-state index in [1.54, 1.807) is 14.2 Å². The van der Waals surface area contributed by atoms with Gasteiger partial charge < -0.3 is 29.5 Å². The molecule has 214 valence electrons. The Morgan fingerprint density at radius 1 is 1.02 bits per heavy atom. The van der Waals surface area contributed by atoms with Crippen LogP contribution in [0.1, 0.15) is 29.9 Å². The highest BCUT2D eigenvalue weighted by molar-refractivity contribution is 5.76. The maximum Gasteiger partial charge on any atom is 0.220 e. The molecule has 3 aromatic rings. The van der Waals surface area contributed by atoms with Crippen LogP contribution >= 0.6 is 0 Å². The van der Waals surface area contributed by atoms with Crippen LogP contribution < -0.4 is 25.0 Å². The smallest absolute Gasteiger partial charge is 0.220 e. The standard InChI is InChI=1S/C31H41N5O4/c1-38-29-9-8-23(16-30(29)39-2)20-33-31(37)18-24-10-11-32-21-25(24)17-26-19-28(40-34-26)22-35-12-14-36(15-13-35)27-6-4-3-5-7-27/h3-9,16,19,24-25,32H,10-15,17-18,20-22H2,1-2H3,(H,33,37)/t24-,25-/m0/s1. The third-order valence-electron chi connectivity index (χ3n) is 8.10. The predicted octanol–water partition coefficient (Wildman–Crippen LogP) is 3.49. The summed E-state index contributed by atoms with van der Waals surface area (Å²) in [6.45, 7) is 7.07. The number of hydrogen-bond donors (Lipinski definition) is 2. The Hall–Kier alpha value is -3.56. The van der Waals surface area contributed by atoms with E-state index in [0.29, 0.717) is 36.3 Å². The second kappa shape index (κ2) is 13.7. The maximum absolute atomic E-state index is 12.9. The molecular formula is C31H41N5O4. The average molecular weight is 548 g/mol. The number of nitrogens with zero attached hydrogens (tertiary/aromatic N) is 3. The van der Waals surface area contributed by atoms with Gasteiger partial charge in [0.05, 0.1) is 26.5 Å². The second-order valence-corrected chi connectivity index (χ2v) is 10.8. The van der Waals surface area contributed by atoms with Crippen molar-refractivity contribution in [2.24, 2.45) is 11.8 Å². The van der Waals surface area contributed by atoms with Gasteiger partial charge in [-0.25, -0.2) is 0 Å². The molecule has 2 atom stereocenters. The Morgan fingerprint density at radius 2 is 1.82 bits per heavy atom. The fourth-order valence-electron chi connectivity index (χ4n) is 5.80. The van der Waals surface area contributed by atoms with Gasteiger partial charge in [0.1, 0.15) is 0 Å². The highest BCUT2D eigenvalue weighted by Crippen LogP contribution is 2.28. The number of carbonyl (C=O) groups excluding carboxylic acids is 1. The molecule has 40 heavy (non-hydrogen) atoms. The van der Waals surface area contributed by atoms with Gasteiger partial charge in [-0.05, 0) is 67.6 Å². The number of amides is 1. The number of carbonyl (C=O) groups is 1. The van der Waals surface area contributed by atoms with Crippen LogP contribution in [-0.4, -0.2) is 69.5 Å². The summed E-state index contributed by atoms with van der Waals surface area (Å²) in [7, 11) is 3.23. The summed E-state index contributed by atoms with van der Waals surface area (Å²) in [5.41, 5.74) is 3.24. The zero-order valence-electron chi connectivity index (χ0n) is 23.6. The van der Waals surface area contributed by atoms with Gasteiger partial charge in [-0.3, -0.25) is 9.69 Å². The molecule has 1 amide bonds. The molecule has 0 bridgehead atoms. The lowest BCUT2D eigenvalue weighted by atomic mass is 9.81. The number of nitrogens with one attached hydrogen (secondary N) is 2. The first-order chi connectivity index (χ1) is 19.6. The van der Waals surface area contributed by atoms with Crippen LogP contribution in [0.2, 0.25) is 0 Å². The van der Waals surface area contributed by atoms with Crippen molar-refractivity contribution >= 4 is 11.6 Å². The summed E-state index contributed by atoms with van der Waals surface area (Å²) in [6.07, 6.45) is 2.30. The molecule has 0 spiro atoms. The zero-order valence-corrected chi connectivity index (χ0v) is 23.6. The SMILES string of the molecule is COc1ccc(CNC(=O)C[C@@H]2CCNC[C@@H]2Cc2cc(CN3CCN(c4ccccc4)CC3)on2)cc1OC. The van der Waals surface area contributed by atoms with Crippen molar-refractivity contribution in [1.82, 2.24) is 20.7 Å². The van der Waals surface area contributed by atoms with Crippen LogP contribution in [0.15, 0.2) is 59.1 Å². The largest absolute Gasteiger partial charge is 0.493 e. The normalized spacial score (nSPS) is 19.8. The first kappa shape index (κ1) is 28.0. The highest BCUT2D eigenvalue weighted by atomic mass is 16.5. The van der Waals surface area contributed by atoms with Gasteiger partial charge in [0.25, 0.3) is 0 Å². The molecule has 0 saturated carbocycles. The van der Waals surface area contributed by atoms with Gasteiger partial charge in [0.2, 0.25) is 5.91 Å². The summed E-state index contributed by atoms with van der Waals surface area (Å²) in [5, 5.41) is 11.0. The molecule has 0 aliphatic carbocycles. The number of anilines is 1. The number of piperazine rings is 1. The number of piperidine rings is 1. The maximum atomic E-state index is 12.9. The van der Waals surface area contributed by atoms with Gasteiger partial charge in [-0.1, -0.05) is 29.4 Å². The summed E-state index contributed by atoms with van der Waals surface area (Å²) < 4.78 is 16.4. The third kappa shape index (κ3) is 7.34. The molecule has 9 heteroatoms. The molecule has 2 aromatic carbocycles. The molecule has 1 aromatic heterocycles. The van der Waals surface area contributed by atoms with Crippen molar-refractivity contribution < 1.29 is 18.8 Å². The Labute approximate surface area is 236 Å². The van der Waals surface area contributed by atoms with Crippen molar-refractivity contribution in [1.29, 1.82) is 0 Å². The summed E-state index contributed by atoms with van der Waals surface area (Å²) in [6, 6.07) is 18.4. The van der Waals surface area contributed by atoms with E-state index in [0.717, 1.165) is 75.7 Å². The van der Waals surface area contributed by atoms with Crippen molar-refractivity contribution in [3.63, 3.8) is 0 Å². The molecule has 5 rings (SSSR count). The third-order valence-corrected chi connectivity index (χ3v) is 8.10. The zero-order chi connectivity index (χ0) is 27.7. The Balaban J connectivity index is 1.09. The van der Waals surface area contributed by atoms with E-state index in [1.807, 2.05) is 18.2 Å². The van der Waals surface area contributed by atoms with Gasteiger partial charge >= 0.3 is 0 Å².